The second-order valence-electron chi connectivity index (χ2n) is 5.68. The summed E-state index contributed by atoms with van der Waals surface area (Å²) in [4.78, 5) is 21.4. The Bertz CT molecular complexity index is 1070. The first kappa shape index (κ1) is 17.1. The third kappa shape index (κ3) is 3.67. The lowest BCUT2D eigenvalue weighted by atomic mass is 10.2. The van der Waals surface area contributed by atoms with Crippen LogP contribution in [0.4, 0.5) is 5.69 Å². The number of pyridine rings is 1. The summed E-state index contributed by atoms with van der Waals surface area (Å²) in [6.07, 6.45) is 2.54. The minimum Gasteiger partial charge on any atom is -0.399 e. The van der Waals surface area contributed by atoms with Crippen molar-refractivity contribution in [3.63, 3.8) is 0 Å². The van der Waals surface area contributed by atoms with Crippen LogP contribution in [-0.4, -0.2) is 35.1 Å². The average molecular weight is 359 g/mol. The Balaban J connectivity index is 1.98. The number of carbonyl (C=O) groups is 1. The summed E-state index contributed by atoms with van der Waals surface area (Å²) in [5.41, 5.74) is 8.46. The normalized spacial score (nSPS) is 11.8. The molecule has 0 radical (unpaired) electrons. The van der Waals surface area contributed by atoms with Crippen LogP contribution in [0.2, 0.25) is 0 Å². The zero-order valence-electron chi connectivity index (χ0n) is 13.7. The summed E-state index contributed by atoms with van der Waals surface area (Å²) in [5.74, 6) is 0.269. The van der Waals surface area contributed by atoms with E-state index in [1.165, 1.54) is 10.8 Å². The van der Waals surface area contributed by atoms with Gasteiger partial charge in [-0.25, -0.2) is 18.1 Å². The maximum atomic E-state index is 12.9. The van der Waals surface area contributed by atoms with Gasteiger partial charge in [0, 0.05) is 17.4 Å². The molecule has 3 aromatic rings. The number of aryl methyl sites for hydroxylation is 1. The number of hydrogen-bond acceptors (Lipinski definition) is 6. The quantitative estimate of drug-likeness (QED) is 0.672. The molecule has 8 nitrogen and oxygen atoms in total. The van der Waals surface area contributed by atoms with Crippen LogP contribution in [0.25, 0.3) is 11.0 Å². The van der Waals surface area contributed by atoms with Gasteiger partial charge in [-0.05, 0) is 37.3 Å². The number of rotatable bonds is 4. The number of imidazole rings is 1. The molecule has 1 aromatic carbocycles. The number of fused-ring (bicyclic) bond motifs is 1. The van der Waals surface area contributed by atoms with E-state index in [0.29, 0.717) is 33.8 Å². The number of anilines is 1. The van der Waals surface area contributed by atoms with Crippen molar-refractivity contribution in [2.24, 2.45) is 0 Å². The predicted octanol–water partition coefficient (Wildman–Crippen LogP) is 1.06. The van der Waals surface area contributed by atoms with Crippen LogP contribution in [0.3, 0.4) is 0 Å². The Morgan fingerprint density at radius 3 is 2.76 bits per heavy atom. The summed E-state index contributed by atoms with van der Waals surface area (Å²) in [5, 5.41) is 0. The highest BCUT2D eigenvalue weighted by Gasteiger charge is 2.17. The molecule has 0 amide bonds. The van der Waals surface area contributed by atoms with Crippen molar-refractivity contribution >= 4 is 32.7 Å². The number of nitrogens with zero attached hydrogens (tertiary/aromatic N) is 3. The molecule has 3 rings (SSSR count). The number of nitrogen functional groups attached to an aromatic ring is 1. The van der Waals surface area contributed by atoms with E-state index in [9.17, 15) is 13.2 Å². The molecule has 0 aliphatic carbocycles. The first-order chi connectivity index (χ1) is 11.7. The zero-order chi connectivity index (χ0) is 18.2. The minimum absolute atomic E-state index is 0.0140. The largest absolute Gasteiger partial charge is 0.399 e. The van der Waals surface area contributed by atoms with Crippen molar-refractivity contribution in [3.05, 3.63) is 53.6 Å². The molecule has 9 heteroatoms. The Labute approximate surface area is 144 Å². The van der Waals surface area contributed by atoms with E-state index in [1.807, 2.05) is 0 Å². The van der Waals surface area contributed by atoms with Crippen molar-refractivity contribution in [1.82, 2.24) is 19.3 Å². The molecule has 3 N–H and O–H groups in total. The maximum Gasteiger partial charge on any atom is 0.263 e. The van der Waals surface area contributed by atoms with Gasteiger partial charge in [0.2, 0.25) is 10.0 Å². The van der Waals surface area contributed by atoms with Crippen molar-refractivity contribution < 1.29 is 13.2 Å². The molecule has 2 aromatic heterocycles. The number of hydrogen-bond donors (Lipinski definition) is 2. The fraction of sp³-hybridized carbons (Fsp3) is 0.188. The molecule has 130 valence electrons. The topological polar surface area (TPSA) is 120 Å². The molecule has 0 aliphatic rings. The lowest BCUT2D eigenvalue weighted by Crippen LogP contribution is -2.22. The zero-order valence-corrected chi connectivity index (χ0v) is 14.5. The summed E-state index contributed by atoms with van der Waals surface area (Å²) in [6.45, 7) is 1.75. The molecule has 0 saturated heterocycles. The van der Waals surface area contributed by atoms with E-state index in [1.54, 1.807) is 37.3 Å². The first-order valence-electron chi connectivity index (χ1n) is 7.43. The number of carbonyl (C=O) groups excluding carboxylic acids is 1. The lowest BCUT2D eigenvalue weighted by Gasteiger charge is -2.07. The third-order valence-electron chi connectivity index (χ3n) is 3.63. The van der Waals surface area contributed by atoms with Crippen LogP contribution in [-0.2, 0) is 16.6 Å². The lowest BCUT2D eigenvalue weighted by molar-refractivity contribution is 0.0962. The van der Waals surface area contributed by atoms with E-state index in [4.69, 9.17) is 5.73 Å². The highest BCUT2D eigenvalue weighted by Crippen LogP contribution is 2.20. The van der Waals surface area contributed by atoms with Gasteiger partial charge in [-0.3, -0.25) is 14.3 Å². The minimum atomic E-state index is -3.34. The van der Waals surface area contributed by atoms with Crippen molar-refractivity contribution in [2.75, 3.05) is 12.0 Å². The molecule has 0 aliphatic heterocycles. The number of benzene rings is 1. The number of aromatic nitrogens is 3. The molecule has 0 spiro atoms. The van der Waals surface area contributed by atoms with Gasteiger partial charge in [0.25, 0.3) is 5.91 Å². The highest BCUT2D eigenvalue weighted by atomic mass is 32.2. The smallest absolute Gasteiger partial charge is 0.263 e. The van der Waals surface area contributed by atoms with Crippen molar-refractivity contribution in [3.8, 4) is 0 Å². The second kappa shape index (κ2) is 6.26. The van der Waals surface area contributed by atoms with E-state index in [-0.39, 0.29) is 12.5 Å². The van der Waals surface area contributed by atoms with Crippen LogP contribution < -0.4 is 10.5 Å². The van der Waals surface area contributed by atoms with E-state index in [0.717, 1.165) is 6.26 Å². The molecule has 0 fully saturated rings. The molecular weight excluding hydrogens is 342 g/mol. The summed E-state index contributed by atoms with van der Waals surface area (Å²) < 4.78 is 26.3. The van der Waals surface area contributed by atoms with E-state index < -0.39 is 10.0 Å². The van der Waals surface area contributed by atoms with Gasteiger partial charge in [-0.1, -0.05) is 0 Å². The molecule has 0 bridgehead atoms. The van der Waals surface area contributed by atoms with Crippen LogP contribution >= 0.6 is 0 Å². The first-order valence-corrected chi connectivity index (χ1v) is 9.32. The Kier molecular flexibility index (Phi) is 4.27. The van der Waals surface area contributed by atoms with Gasteiger partial charge in [0.05, 0.1) is 29.5 Å². The highest BCUT2D eigenvalue weighted by molar-refractivity contribution is 7.88. The molecular formula is C16H17N5O3S. The molecule has 2 heterocycles. The summed E-state index contributed by atoms with van der Waals surface area (Å²) in [7, 11) is -3.34. The van der Waals surface area contributed by atoms with Crippen LogP contribution in [0, 0.1) is 6.92 Å². The fourth-order valence-corrected chi connectivity index (χ4v) is 2.93. The molecule has 0 atom stereocenters. The van der Waals surface area contributed by atoms with Crippen molar-refractivity contribution in [1.29, 1.82) is 0 Å². The van der Waals surface area contributed by atoms with Gasteiger partial charge >= 0.3 is 0 Å². The van der Waals surface area contributed by atoms with E-state index in [2.05, 4.69) is 14.7 Å². The van der Waals surface area contributed by atoms with Crippen LogP contribution in [0.1, 0.15) is 21.9 Å². The van der Waals surface area contributed by atoms with Gasteiger partial charge in [0.15, 0.2) is 0 Å². The van der Waals surface area contributed by atoms with Crippen LogP contribution in [0.15, 0.2) is 36.5 Å². The van der Waals surface area contributed by atoms with Gasteiger partial charge in [-0.2, -0.15) is 0 Å². The predicted molar refractivity (Wildman–Crippen MR) is 94.5 cm³/mol. The number of nitrogens with one attached hydrogen (secondary N) is 1. The standard InChI is InChI=1S/C16H17N5O3S/c1-10-20-14-8-12(17)3-4-15(14)21(10)16(22)11-5-6-18-13(7-11)9-19-25(2,23)24/h3-8,19H,9,17H2,1-2H3. The second-order valence-corrected chi connectivity index (χ2v) is 7.51. The van der Waals surface area contributed by atoms with Gasteiger partial charge < -0.3 is 5.73 Å². The van der Waals surface area contributed by atoms with Gasteiger partial charge in [0.1, 0.15) is 5.82 Å². The fourth-order valence-electron chi connectivity index (χ4n) is 2.52. The summed E-state index contributed by atoms with van der Waals surface area (Å²) >= 11 is 0. The number of nitrogens with two attached hydrogens (primary N) is 1. The SMILES string of the molecule is Cc1nc2cc(N)ccc2n1C(=O)c1ccnc(CNS(C)(=O)=O)c1. The Hall–Kier alpha value is -2.78. The number of sulfonamides is 1. The maximum absolute atomic E-state index is 12.9. The third-order valence-corrected chi connectivity index (χ3v) is 4.30. The van der Waals surface area contributed by atoms with Crippen molar-refractivity contribution in [2.45, 2.75) is 13.5 Å². The Morgan fingerprint density at radius 1 is 1.28 bits per heavy atom. The molecule has 25 heavy (non-hydrogen) atoms. The molecule has 0 unspecified atom stereocenters. The summed E-state index contributed by atoms with van der Waals surface area (Å²) in [6, 6.07) is 8.30. The Morgan fingerprint density at radius 2 is 2.04 bits per heavy atom. The van der Waals surface area contributed by atoms with E-state index >= 15 is 0 Å². The average Bonchev–Trinajstić information content (AvgIpc) is 2.86. The van der Waals surface area contributed by atoms with Crippen LogP contribution in [0.5, 0.6) is 0 Å². The monoisotopic (exact) mass is 359 g/mol. The molecule has 0 saturated carbocycles. The van der Waals surface area contributed by atoms with Gasteiger partial charge in [-0.15, -0.1) is 0 Å².